The molecule has 2 amide bonds. The van der Waals surface area contributed by atoms with Crippen LogP contribution in [0.4, 0.5) is 0 Å². The van der Waals surface area contributed by atoms with Crippen LogP contribution < -0.4 is 15.6 Å². The molecule has 2 N–H and O–H groups in total. The Balaban J connectivity index is 1.72. The summed E-state index contributed by atoms with van der Waals surface area (Å²) in [4.78, 5) is 24.5. The summed E-state index contributed by atoms with van der Waals surface area (Å²) in [6.07, 6.45) is 0. The van der Waals surface area contributed by atoms with Crippen molar-refractivity contribution >= 4 is 34.2 Å². The summed E-state index contributed by atoms with van der Waals surface area (Å²) in [6.45, 7) is 0. The second-order valence-corrected chi connectivity index (χ2v) is 5.75. The van der Waals surface area contributed by atoms with Gasteiger partial charge in [-0.3, -0.25) is 20.4 Å². The average Bonchev–Trinajstić information content (AvgIpc) is 2.65. The fraction of sp³-hybridized carbons (Fsp3) is 0.0526. The smallest absolute Gasteiger partial charge is 0.273 e. The molecule has 0 aliphatic heterocycles. The van der Waals surface area contributed by atoms with Crippen molar-refractivity contribution < 1.29 is 14.3 Å². The topological polar surface area (TPSA) is 67.4 Å². The van der Waals surface area contributed by atoms with Gasteiger partial charge < -0.3 is 4.74 Å². The largest absolute Gasteiger partial charge is 0.496 e. The lowest BCUT2D eigenvalue weighted by molar-refractivity contribution is 0.0845. The van der Waals surface area contributed by atoms with E-state index in [1.807, 2.05) is 30.3 Å². The van der Waals surface area contributed by atoms with Crippen molar-refractivity contribution in [2.75, 3.05) is 7.11 Å². The Kier molecular flexibility index (Phi) is 4.86. The van der Waals surface area contributed by atoms with Gasteiger partial charge in [0.05, 0.1) is 12.7 Å². The van der Waals surface area contributed by atoms with Crippen molar-refractivity contribution in [1.29, 1.82) is 0 Å². The number of amides is 2. The van der Waals surface area contributed by atoms with Crippen LogP contribution in [-0.2, 0) is 0 Å². The number of hydrogen-bond donors (Lipinski definition) is 2. The van der Waals surface area contributed by atoms with Crippen LogP contribution in [0.15, 0.2) is 60.7 Å². The first-order valence-corrected chi connectivity index (χ1v) is 7.89. The molecule has 0 bridgehead atoms. The zero-order chi connectivity index (χ0) is 17.8. The molecular weight excluding hydrogens is 340 g/mol. The number of halogens is 1. The molecule has 0 atom stereocenters. The van der Waals surface area contributed by atoms with Crippen molar-refractivity contribution in [3.05, 3.63) is 76.8 Å². The van der Waals surface area contributed by atoms with Gasteiger partial charge in [0.25, 0.3) is 11.8 Å². The summed E-state index contributed by atoms with van der Waals surface area (Å²) in [5.41, 5.74) is 5.49. The van der Waals surface area contributed by atoms with Gasteiger partial charge in [0.1, 0.15) is 5.75 Å². The average molecular weight is 355 g/mol. The van der Waals surface area contributed by atoms with E-state index in [4.69, 9.17) is 16.3 Å². The number of hydrogen-bond acceptors (Lipinski definition) is 3. The highest BCUT2D eigenvalue weighted by molar-refractivity contribution is 6.30. The monoisotopic (exact) mass is 354 g/mol. The summed E-state index contributed by atoms with van der Waals surface area (Å²) in [6, 6.07) is 17.7. The predicted molar refractivity (Wildman–Crippen MR) is 96.9 cm³/mol. The fourth-order valence-corrected chi connectivity index (χ4v) is 2.60. The molecule has 5 nitrogen and oxygen atoms in total. The Morgan fingerprint density at radius 2 is 1.60 bits per heavy atom. The van der Waals surface area contributed by atoms with Crippen LogP contribution in [0.25, 0.3) is 10.8 Å². The molecule has 0 aliphatic rings. The molecular formula is C19H15ClN2O3. The van der Waals surface area contributed by atoms with E-state index in [9.17, 15) is 9.59 Å². The number of ether oxygens (including phenoxy) is 1. The number of rotatable bonds is 3. The van der Waals surface area contributed by atoms with Crippen molar-refractivity contribution in [2.45, 2.75) is 0 Å². The number of methoxy groups -OCH3 is 1. The van der Waals surface area contributed by atoms with Gasteiger partial charge in [0.15, 0.2) is 0 Å². The lowest BCUT2D eigenvalue weighted by Crippen LogP contribution is -2.41. The molecule has 0 fully saturated rings. The number of fused-ring (bicyclic) bond motifs is 1. The first-order valence-electron chi connectivity index (χ1n) is 7.51. The first-order chi connectivity index (χ1) is 12.1. The highest BCUT2D eigenvalue weighted by Gasteiger charge is 2.14. The number of hydrazine groups is 1. The van der Waals surface area contributed by atoms with Gasteiger partial charge in [0, 0.05) is 10.6 Å². The fourth-order valence-electron chi connectivity index (χ4n) is 2.44. The first kappa shape index (κ1) is 16.8. The van der Waals surface area contributed by atoms with E-state index in [0.29, 0.717) is 16.3 Å². The van der Waals surface area contributed by atoms with E-state index in [1.54, 1.807) is 18.2 Å². The van der Waals surface area contributed by atoms with E-state index in [0.717, 1.165) is 10.8 Å². The summed E-state index contributed by atoms with van der Waals surface area (Å²) in [5.74, 6) is -0.584. The Hall–Kier alpha value is -3.05. The van der Waals surface area contributed by atoms with Crippen molar-refractivity contribution in [2.24, 2.45) is 0 Å². The standard InChI is InChI=1S/C19H15ClN2O3/c1-25-17-11-15(20)8-9-16(17)19(24)22-21-18(23)14-7-6-12-4-2-3-5-13(12)10-14/h2-11H,1H3,(H,21,23)(H,22,24). The van der Waals surface area contributed by atoms with Crippen LogP contribution in [0, 0.1) is 0 Å². The minimum atomic E-state index is -0.498. The zero-order valence-electron chi connectivity index (χ0n) is 13.4. The van der Waals surface area contributed by atoms with Crippen LogP contribution in [0.2, 0.25) is 5.02 Å². The summed E-state index contributed by atoms with van der Waals surface area (Å²) in [7, 11) is 1.44. The maximum Gasteiger partial charge on any atom is 0.273 e. The molecule has 3 aromatic carbocycles. The molecule has 6 heteroatoms. The molecule has 3 rings (SSSR count). The third-order valence-corrected chi connectivity index (χ3v) is 3.94. The van der Waals surface area contributed by atoms with Crippen molar-refractivity contribution in [1.82, 2.24) is 10.9 Å². The van der Waals surface area contributed by atoms with Crippen molar-refractivity contribution in [3.8, 4) is 5.75 Å². The molecule has 0 saturated carbocycles. The SMILES string of the molecule is COc1cc(Cl)ccc1C(=O)NNC(=O)c1ccc2ccccc2c1. The normalized spacial score (nSPS) is 10.3. The van der Waals surface area contributed by atoms with Gasteiger partial charge in [-0.15, -0.1) is 0 Å². The molecule has 0 radical (unpaired) electrons. The van der Waals surface area contributed by atoms with Gasteiger partial charge in [0.2, 0.25) is 0 Å². The highest BCUT2D eigenvalue weighted by Crippen LogP contribution is 2.22. The number of benzene rings is 3. The van der Waals surface area contributed by atoms with E-state index in [-0.39, 0.29) is 5.56 Å². The summed E-state index contributed by atoms with van der Waals surface area (Å²) in [5, 5.41) is 2.43. The van der Waals surface area contributed by atoms with Gasteiger partial charge in [-0.25, -0.2) is 0 Å². The number of carbonyl (C=O) groups excluding carboxylic acids is 2. The molecule has 0 spiro atoms. The second-order valence-electron chi connectivity index (χ2n) is 5.31. The van der Waals surface area contributed by atoms with Crippen molar-refractivity contribution in [3.63, 3.8) is 0 Å². The van der Waals surface area contributed by atoms with E-state index < -0.39 is 11.8 Å². The maximum atomic E-state index is 12.3. The van der Waals surface area contributed by atoms with Crippen LogP contribution in [-0.4, -0.2) is 18.9 Å². The van der Waals surface area contributed by atoms with Gasteiger partial charge in [-0.05, 0) is 41.1 Å². The Labute approximate surface area is 149 Å². The van der Waals surface area contributed by atoms with Crippen LogP contribution in [0.1, 0.15) is 20.7 Å². The number of carbonyl (C=O) groups is 2. The molecule has 25 heavy (non-hydrogen) atoms. The molecule has 0 heterocycles. The molecule has 0 unspecified atom stereocenters. The Bertz CT molecular complexity index is 956. The minimum Gasteiger partial charge on any atom is -0.496 e. The lowest BCUT2D eigenvalue weighted by atomic mass is 10.1. The van der Waals surface area contributed by atoms with Crippen LogP contribution in [0.5, 0.6) is 5.75 Å². The third kappa shape index (κ3) is 3.72. The maximum absolute atomic E-state index is 12.3. The molecule has 3 aromatic rings. The van der Waals surface area contributed by atoms with Gasteiger partial charge in [-0.2, -0.15) is 0 Å². The number of nitrogens with one attached hydrogen (secondary N) is 2. The summed E-state index contributed by atoms with van der Waals surface area (Å²) < 4.78 is 5.13. The highest BCUT2D eigenvalue weighted by atomic mass is 35.5. The van der Waals surface area contributed by atoms with Gasteiger partial charge in [-0.1, -0.05) is 41.9 Å². The third-order valence-electron chi connectivity index (χ3n) is 3.71. The van der Waals surface area contributed by atoms with Crippen LogP contribution in [0.3, 0.4) is 0 Å². The van der Waals surface area contributed by atoms with E-state index in [2.05, 4.69) is 10.9 Å². The predicted octanol–water partition coefficient (Wildman–Crippen LogP) is 3.58. The molecule has 0 aliphatic carbocycles. The molecule has 0 saturated heterocycles. The minimum absolute atomic E-state index is 0.269. The Morgan fingerprint density at radius 1 is 0.880 bits per heavy atom. The zero-order valence-corrected chi connectivity index (χ0v) is 14.1. The molecule has 126 valence electrons. The quantitative estimate of drug-likeness (QED) is 0.706. The second kappa shape index (κ2) is 7.23. The van der Waals surface area contributed by atoms with Gasteiger partial charge >= 0.3 is 0 Å². The van der Waals surface area contributed by atoms with E-state index in [1.165, 1.54) is 19.2 Å². The molecule has 0 aromatic heterocycles. The van der Waals surface area contributed by atoms with Crippen LogP contribution >= 0.6 is 11.6 Å². The van der Waals surface area contributed by atoms with E-state index >= 15 is 0 Å². The summed E-state index contributed by atoms with van der Waals surface area (Å²) >= 11 is 5.87. The Morgan fingerprint density at radius 3 is 2.36 bits per heavy atom. The lowest BCUT2D eigenvalue weighted by Gasteiger charge is -2.11.